The van der Waals surface area contributed by atoms with Crippen molar-refractivity contribution in [3.63, 3.8) is 0 Å². The van der Waals surface area contributed by atoms with Gasteiger partial charge in [0.2, 0.25) is 5.88 Å². The topological polar surface area (TPSA) is 81.4 Å². The molecule has 3 heterocycles. The number of ether oxygens (including phenoxy) is 1. The van der Waals surface area contributed by atoms with Gasteiger partial charge >= 0.3 is 0 Å². The molecule has 7 nitrogen and oxygen atoms in total. The molecule has 2 aromatic heterocycles. The predicted octanol–water partition coefficient (Wildman–Crippen LogP) is 1.64. The highest BCUT2D eigenvalue weighted by Crippen LogP contribution is 2.26. The second-order valence-electron chi connectivity index (χ2n) is 5.96. The number of aryl methyl sites for hydroxylation is 1. The molecule has 0 bridgehead atoms. The van der Waals surface area contributed by atoms with Crippen molar-refractivity contribution in [1.82, 2.24) is 20.0 Å². The minimum atomic E-state index is -0.0571. The number of aromatic nitrogens is 3. The fourth-order valence-corrected chi connectivity index (χ4v) is 3.23. The van der Waals surface area contributed by atoms with Crippen LogP contribution in [-0.4, -0.2) is 45.1 Å². The van der Waals surface area contributed by atoms with E-state index in [9.17, 15) is 4.79 Å². The third-order valence-corrected chi connectivity index (χ3v) is 4.41. The lowest BCUT2D eigenvalue weighted by molar-refractivity contribution is 0.0760. The second kappa shape index (κ2) is 5.98. The molecule has 0 saturated carbocycles. The smallest absolute Gasteiger partial charge is 0.276 e. The SMILES string of the molecule is O=C(c1noc2c1CCCC2)N1CCC(Oc2cnccn2)C1. The van der Waals surface area contributed by atoms with E-state index in [0.717, 1.165) is 43.4 Å². The number of hydrogen-bond donors (Lipinski definition) is 0. The lowest BCUT2D eigenvalue weighted by Crippen LogP contribution is -2.32. The molecule has 0 radical (unpaired) electrons. The van der Waals surface area contributed by atoms with Crippen LogP contribution in [0.1, 0.15) is 41.1 Å². The zero-order valence-corrected chi connectivity index (χ0v) is 12.8. The Hall–Kier alpha value is -2.44. The van der Waals surface area contributed by atoms with Gasteiger partial charge in [-0.25, -0.2) is 4.98 Å². The number of nitrogens with zero attached hydrogens (tertiary/aromatic N) is 4. The maximum absolute atomic E-state index is 12.7. The summed E-state index contributed by atoms with van der Waals surface area (Å²) in [6.45, 7) is 1.20. The Morgan fingerprint density at radius 2 is 2.22 bits per heavy atom. The van der Waals surface area contributed by atoms with Gasteiger partial charge in [-0.05, 0) is 19.3 Å². The van der Waals surface area contributed by atoms with Gasteiger partial charge in [-0.1, -0.05) is 5.16 Å². The summed E-state index contributed by atoms with van der Waals surface area (Å²) in [5.41, 5.74) is 1.49. The van der Waals surface area contributed by atoms with Crippen LogP contribution >= 0.6 is 0 Å². The van der Waals surface area contributed by atoms with E-state index in [4.69, 9.17) is 9.26 Å². The van der Waals surface area contributed by atoms with E-state index >= 15 is 0 Å². The molecule has 23 heavy (non-hydrogen) atoms. The molecule has 1 saturated heterocycles. The Kier molecular flexibility index (Phi) is 3.69. The molecule has 1 fully saturated rings. The molecular formula is C16H18N4O3. The van der Waals surface area contributed by atoms with E-state index in [1.807, 2.05) is 0 Å². The van der Waals surface area contributed by atoms with Crippen molar-refractivity contribution in [2.45, 2.75) is 38.2 Å². The lowest BCUT2D eigenvalue weighted by atomic mass is 9.96. The molecule has 1 aliphatic heterocycles. The van der Waals surface area contributed by atoms with Gasteiger partial charge in [-0.2, -0.15) is 0 Å². The van der Waals surface area contributed by atoms with Crippen LogP contribution in [0.2, 0.25) is 0 Å². The Morgan fingerprint density at radius 3 is 3.09 bits per heavy atom. The van der Waals surface area contributed by atoms with Crippen molar-refractivity contribution in [2.75, 3.05) is 13.1 Å². The van der Waals surface area contributed by atoms with Crippen LogP contribution < -0.4 is 4.74 Å². The van der Waals surface area contributed by atoms with Crippen LogP contribution in [0.5, 0.6) is 5.88 Å². The number of carbonyl (C=O) groups is 1. The van der Waals surface area contributed by atoms with Crippen molar-refractivity contribution in [1.29, 1.82) is 0 Å². The van der Waals surface area contributed by atoms with Crippen molar-refractivity contribution in [2.24, 2.45) is 0 Å². The van der Waals surface area contributed by atoms with E-state index < -0.39 is 0 Å². The number of amides is 1. The normalized spacial score (nSPS) is 20.3. The Bertz CT molecular complexity index is 701. The van der Waals surface area contributed by atoms with E-state index in [0.29, 0.717) is 24.7 Å². The molecule has 2 aromatic rings. The maximum atomic E-state index is 12.7. The van der Waals surface area contributed by atoms with Gasteiger partial charge in [0.05, 0.1) is 12.7 Å². The van der Waals surface area contributed by atoms with Crippen molar-refractivity contribution < 1.29 is 14.1 Å². The summed E-state index contributed by atoms with van der Waals surface area (Å²) in [4.78, 5) is 22.6. The molecule has 1 amide bonds. The summed E-state index contributed by atoms with van der Waals surface area (Å²) in [5.74, 6) is 1.32. The maximum Gasteiger partial charge on any atom is 0.276 e. The largest absolute Gasteiger partial charge is 0.471 e. The highest BCUT2D eigenvalue weighted by molar-refractivity contribution is 5.94. The zero-order valence-electron chi connectivity index (χ0n) is 12.8. The molecule has 2 aliphatic rings. The minimum absolute atomic E-state index is 0.0536. The first-order chi connectivity index (χ1) is 11.3. The second-order valence-corrected chi connectivity index (χ2v) is 5.96. The minimum Gasteiger partial charge on any atom is -0.471 e. The van der Waals surface area contributed by atoms with Crippen LogP contribution in [0.3, 0.4) is 0 Å². The highest BCUT2D eigenvalue weighted by atomic mass is 16.5. The molecule has 4 rings (SSSR count). The van der Waals surface area contributed by atoms with Gasteiger partial charge < -0.3 is 14.2 Å². The van der Waals surface area contributed by atoms with Gasteiger partial charge in [-0.15, -0.1) is 0 Å². The van der Waals surface area contributed by atoms with Crippen LogP contribution in [0.25, 0.3) is 0 Å². The molecule has 7 heteroatoms. The highest BCUT2D eigenvalue weighted by Gasteiger charge is 2.33. The third kappa shape index (κ3) is 2.78. The van der Waals surface area contributed by atoms with Crippen LogP contribution in [0.15, 0.2) is 23.1 Å². The van der Waals surface area contributed by atoms with E-state index in [-0.39, 0.29) is 12.0 Å². The van der Waals surface area contributed by atoms with Crippen molar-refractivity contribution >= 4 is 5.91 Å². The average molecular weight is 314 g/mol. The Labute approximate surface area is 133 Å². The van der Waals surface area contributed by atoms with Crippen molar-refractivity contribution in [3.05, 3.63) is 35.6 Å². The zero-order chi connectivity index (χ0) is 15.6. The summed E-state index contributed by atoms with van der Waals surface area (Å²) >= 11 is 0. The first-order valence-corrected chi connectivity index (χ1v) is 8.00. The van der Waals surface area contributed by atoms with Gasteiger partial charge in [0, 0.05) is 37.3 Å². The Balaban J connectivity index is 1.43. The molecule has 1 unspecified atom stereocenters. The number of carbonyl (C=O) groups excluding carboxylic acids is 1. The summed E-state index contributed by atoms with van der Waals surface area (Å²) in [6, 6.07) is 0. The number of likely N-dealkylation sites (tertiary alicyclic amines) is 1. The quantitative estimate of drug-likeness (QED) is 0.856. The third-order valence-electron chi connectivity index (χ3n) is 4.41. The predicted molar refractivity (Wildman–Crippen MR) is 80.1 cm³/mol. The van der Waals surface area contributed by atoms with Crippen LogP contribution in [0, 0.1) is 0 Å². The fraction of sp³-hybridized carbons (Fsp3) is 0.500. The summed E-state index contributed by atoms with van der Waals surface area (Å²) in [7, 11) is 0. The monoisotopic (exact) mass is 314 g/mol. The lowest BCUT2D eigenvalue weighted by Gasteiger charge is -2.17. The molecule has 1 atom stereocenters. The fourth-order valence-electron chi connectivity index (χ4n) is 3.23. The number of hydrogen-bond acceptors (Lipinski definition) is 6. The van der Waals surface area contributed by atoms with Gasteiger partial charge in [0.15, 0.2) is 5.69 Å². The standard InChI is InChI=1S/C16H18N4O3/c21-16(15-12-3-1-2-4-13(12)23-19-15)20-8-5-11(10-20)22-14-9-17-6-7-18-14/h6-7,9,11H,1-5,8,10H2. The average Bonchev–Trinajstić information content (AvgIpc) is 3.22. The molecule has 0 spiro atoms. The van der Waals surface area contributed by atoms with Gasteiger partial charge in [0.1, 0.15) is 11.9 Å². The molecular weight excluding hydrogens is 296 g/mol. The number of fused-ring (bicyclic) bond motifs is 1. The molecule has 0 N–H and O–H groups in total. The molecule has 0 aromatic carbocycles. The Morgan fingerprint density at radius 1 is 1.30 bits per heavy atom. The first kappa shape index (κ1) is 14.2. The first-order valence-electron chi connectivity index (χ1n) is 8.00. The van der Waals surface area contributed by atoms with Gasteiger partial charge in [-0.3, -0.25) is 9.78 Å². The van der Waals surface area contributed by atoms with E-state index in [1.54, 1.807) is 23.5 Å². The summed E-state index contributed by atoms with van der Waals surface area (Å²) < 4.78 is 11.1. The number of rotatable bonds is 3. The van der Waals surface area contributed by atoms with E-state index in [1.165, 1.54) is 0 Å². The van der Waals surface area contributed by atoms with Crippen LogP contribution in [0.4, 0.5) is 0 Å². The summed E-state index contributed by atoms with van der Waals surface area (Å²) in [5, 5.41) is 4.02. The van der Waals surface area contributed by atoms with Gasteiger partial charge in [0.25, 0.3) is 5.91 Å². The van der Waals surface area contributed by atoms with Crippen LogP contribution in [-0.2, 0) is 12.8 Å². The van der Waals surface area contributed by atoms with Crippen molar-refractivity contribution in [3.8, 4) is 5.88 Å². The molecule has 120 valence electrons. The molecule has 1 aliphatic carbocycles. The summed E-state index contributed by atoms with van der Waals surface area (Å²) in [6.07, 6.45) is 9.46. The van der Waals surface area contributed by atoms with E-state index in [2.05, 4.69) is 15.1 Å².